The van der Waals surface area contributed by atoms with Gasteiger partial charge in [-0.1, -0.05) is 23.7 Å². The summed E-state index contributed by atoms with van der Waals surface area (Å²) in [6, 6.07) is 13.4. The maximum absolute atomic E-state index is 5.99. The summed E-state index contributed by atoms with van der Waals surface area (Å²) >= 11 is 5.99. The first-order chi connectivity index (χ1) is 9.72. The third kappa shape index (κ3) is 3.89. The summed E-state index contributed by atoms with van der Waals surface area (Å²) in [7, 11) is 1.63. The van der Waals surface area contributed by atoms with Crippen molar-refractivity contribution in [2.24, 2.45) is 5.73 Å². The average Bonchev–Trinajstić information content (AvgIpc) is 2.47. The van der Waals surface area contributed by atoms with Gasteiger partial charge in [-0.15, -0.1) is 0 Å². The summed E-state index contributed by atoms with van der Waals surface area (Å²) in [6.07, 6.45) is 0.877. The fraction of sp³-hybridized carbons (Fsp3) is 0.250. The van der Waals surface area contributed by atoms with E-state index in [2.05, 4.69) is 0 Å². The third-order valence-corrected chi connectivity index (χ3v) is 3.23. The van der Waals surface area contributed by atoms with Gasteiger partial charge in [-0.3, -0.25) is 0 Å². The molecule has 2 aromatic carbocycles. The van der Waals surface area contributed by atoms with Crippen LogP contribution < -0.4 is 15.2 Å². The topological polar surface area (TPSA) is 44.5 Å². The first-order valence-corrected chi connectivity index (χ1v) is 6.85. The van der Waals surface area contributed by atoms with Gasteiger partial charge in [0.1, 0.15) is 18.1 Å². The van der Waals surface area contributed by atoms with Crippen LogP contribution in [0.2, 0.25) is 5.02 Å². The summed E-state index contributed by atoms with van der Waals surface area (Å²) in [5, 5.41) is 0.669. The Kier molecular flexibility index (Phi) is 5.27. The molecule has 4 heteroatoms. The molecule has 2 rings (SSSR count). The number of ether oxygens (including phenoxy) is 2. The van der Waals surface area contributed by atoms with Gasteiger partial charge in [0.2, 0.25) is 0 Å². The lowest BCUT2D eigenvalue weighted by Gasteiger charge is -2.11. The van der Waals surface area contributed by atoms with Gasteiger partial charge in [-0.2, -0.15) is 0 Å². The molecule has 0 fully saturated rings. The smallest absolute Gasteiger partial charge is 0.125 e. The first kappa shape index (κ1) is 14.7. The molecule has 0 radical (unpaired) electrons. The zero-order chi connectivity index (χ0) is 14.4. The van der Waals surface area contributed by atoms with Crippen LogP contribution in [0.4, 0.5) is 0 Å². The van der Waals surface area contributed by atoms with Crippen molar-refractivity contribution in [3.63, 3.8) is 0 Å². The van der Waals surface area contributed by atoms with Gasteiger partial charge < -0.3 is 15.2 Å². The van der Waals surface area contributed by atoms with Crippen molar-refractivity contribution in [2.45, 2.75) is 13.0 Å². The Morgan fingerprint density at radius 3 is 2.50 bits per heavy atom. The zero-order valence-electron chi connectivity index (χ0n) is 11.4. The molecular weight excluding hydrogens is 274 g/mol. The molecule has 106 valence electrons. The van der Waals surface area contributed by atoms with E-state index in [1.54, 1.807) is 13.2 Å². The molecule has 0 saturated carbocycles. The number of hydrogen-bond acceptors (Lipinski definition) is 3. The van der Waals surface area contributed by atoms with Crippen LogP contribution in [0.1, 0.15) is 11.1 Å². The Morgan fingerprint density at radius 2 is 1.85 bits per heavy atom. The minimum absolute atomic E-state index is 0.417. The van der Waals surface area contributed by atoms with Crippen molar-refractivity contribution in [3.05, 3.63) is 58.6 Å². The Balaban J connectivity index is 2.02. The lowest BCUT2D eigenvalue weighted by atomic mass is 10.1. The Labute approximate surface area is 124 Å². The van der Waals surface area contributed by atoms with E-state index in [1.807, 2.05) is 36.4 Å². The molecule has 0 spiro atoms. The molecule has 2 N–H and O–H groups in total. The Morgan fingerprint density at radius 1 is 1.10 bits per heavy atom. The highest BCUT2D eigenvalue weighted by molar-refractivity contribution is 6.30. The van der Waals surface area contributed by atoms with Gasteiger partial charge in [0.25, 0.3) is 0 Å². The molecule has 0 saturated heterocycles. The molecule has 0 aliphatic carbocycles. The number of nitrogens with two attached hydrogens (primary N) is 1. The molecule has 0 aliphatic heterocycles. The summed E-state index contributed by atoms with van der Waals surface area (Å²) in [6.45, 7) is 1.07. The molecular formula is C16H18ClNO2. The lowest BCUT2D eigenvalue weighted by Crippen LogP contribution is -2.02. The molecule has 0 bridgehead atoms. The second-order valence-electron chi connectivity index (χ2n) is 4.43. The van der Waals surface area contributed by atoms with Crippen LogP contribution in [-0.2, 0) is 13.0 Å². The van der Waals surface area contributed by atoms with E-state index in [-0.39, 0.29) is 0 Å². The number of rotatable bonds is 6. The van der Waals surface area contributed by atoms with Gasteiger partial charge in [-0.05, 0) is 48.9 Å². The lowest BCUT2D eigenvalue weighted by molar-refractivity contribution is 0.296. The predicted molar refractivity (Wildman–Crippen MR) is 81.5 cm³/mol. The number of benzene rings is 2. The number of halogens is 1. The van der Waals surface area contributed by atoms with Crippen LogP contribution in [-0.4, -0.2) is 13.7 Å². The van der Waals surface area contributed by atoms with Crippen LogP contribution in [0.25, 0.3) is 0 Å². The molecule has 0 atom stereocenters. The molecule has 20 heavy (non-hydrogen) atoms. The molecule has 0 unspecified atom stereocenters. The van der Waals surface area contributed by atoms with Crippen LogP contribution >= 0.6 is 11.6 Å². The Bertz CT molecular complexity index is 555. The maximum atomic E-state index is 5.99. The second-order valence-corrected chi connectivity index (χ2v) is 4.86. The van der Waals surface area contributed by atoms with E-state index >= 15 is 0 Å². The number of methoxy groups -OCH3 is 1. The summed E-state index contributed by atoms with van der Waals surface area (Å²) in [5.41, 5.74) is 7.65. The van der Waals surface area contributed by atoms with Crippen LogP contribution in [0, 0.1) is 0 Å². The van der Waals surface area contributed by atoms with Crippen molar-refractivity contribution in [3.8, 4) is 11.5 Å². The minimum Gasteiger partial charge on any atom is -0.496 e. The van der Waals surface area contributed by atoms with Gasteiger partial charge in [0.15, 0.2) is 0 Å². The average molecular weight is 292 g/mol. The van der Waals surface area contributed by atoms with Gasteiger partial charge >= 0.3 is 0 Å². The fourth-order valence-electron chi connectivity index (χ4n) is 1.94. The van der Waals surface area contributed by atoms with Crippen molar-refractivity contribution in [1.82, 2.24) is 0 Å². The number of hydrogen-bond donors (Lipinski definition) is 1. The largest absolute Gasteiger partial charge is 0.496 e. The highest BCUT2D eigenvalue weighted by atomic mass is 35.5. The van der Waals surface area contributed by atoms with Crippen molar-refractivity contribution in [1.29, 1.82) is 0 Å². The summed E-state index contributed by atoms with van der Waals surface area (Å²) < 4.78 is 11.0. The summed E-state index contributed by atoms with van der Waals surface area (Å²) in [4.78, 5) is 0. The maximum Gasteiger partial charge on any atom is 0.125 e. The highest BCUT2D eigenvalue weighted by Crippen LogP contribution is 2.24. The van der Waals surface area contributed by atoms with Gasteiger partial charge in [0.05, 0.1) is 7.11 Å². The van der Waals surface area contributed by atoms with Crippen molar-refractivity contribution < 1.29 is 9.47 Å². The third-order valence-electron chi connectivity index (χ3n) is 2.99. The quantitative estimate of drug-likeness (QED) is 0.887. The molecule has 2 aromatic rings. The fourth-order valence-corrected chi connectivity index (χ4v) is 2.13. The zero-order valence-corrected chi connectivity index (χ0v) is 12.2. The van der Waals surface area contributed by atoms with Crippen LogP contribution in [0.3, 0.4) is 0 Å². The molecule has 0 aromatic heterocycles. The minimum atomic E-state index is 0.417. The second kappa shape index (κ2) is 7.17. The van der Waals surface area contributed by atoms with E-state index in [1.165, 1.54) is 5.56 Å². The van der Waals surface area contributed by atoms with E-state index in [9.17, 15) is 0 Å². The highest BCUT2D eigenvalue weighted by Gasteiger charge is 2.05. The van der Waals surface area contributed by atoms with E-state index in [4.69, 9.17) is 26.8 Å². The van der Waals surface area contributed by atoms with Crippen LogP contribution in [0.15, 0.2) is 42.5 Å². The standard InChI is InChI=1S/C16H18ClNO2/c1-19-16-7-4-14(17)10-13(16)11-20-15-5-2-12(3-6-15)8-9-18/h2-7,10H,8-9,11,18H2,1H3. The van der Waals surface area contributed by atoms with Crippen molar-refractivity contribution >= 4 is 11.6 Å². The molecule has 0 heterocycles. The van der Waals surface area contributed by atoms with Gasteiger partial charge in [0, 0.05) is 10.6 Å². The summed E-state index contributed by atoms with van der Waals surface area (Å²) in [5.74, 6) is 1.59. The normalized spacial score (nSPS) is 10.3. The molecule has 3 nitrogen and oxygen atoms in total. The molecule has 0 amide bonds. The molecule has 0 aliphatic rings. The Hall–Kier alpha value is -1.71. The predicted octanol–water partition coefficient (Wildman–Crippen LogP) is 3.43. The monoisotopic (exact) mass is 291 g/mol. The van der Waals surface area contributed by atoms with Gasteiger partial charge in [-0.25, -0.2) is 0 Å². The van der Waals surface area contributed by atoms with E-state index < -0.39 is 0 Å². The first-order valence-electron chi connectivity index (χ1n) is 6.47. The van der Waals surface area contributed by atoms with E-state index in [0.29, 0.717) is 18.2 Å². The van der Waals surface area contributed by atoms with Crippen molar-refractivity contribution in [2.75, 3.05) is 13.7 Å². The van der Waals surface area contributed by atoms with E-state index in [0.717, 1.165) is 23.5 Å². The SMILES string of the molecule is COc1ccc(Cl)cc1COc1ccc(CCN)cc1. The van der Waals surface area contributed by atoms with Crippen LogP contribution in [0.5, 0.6) is 11.5 Å².